The van der Waals surface area contributed by atoms with Crippen molar-refractivity contribution in [2.45, 2.75) is 0 Å². The van der Waals surface area contributed by atoms with Crippen LogP contribution >= 0.6 is 0 Å². The molecule has 3 aromatic carbocycles. The summed E-state index contributed by atoms with van der Waals surface area (Å²) < 4.78 is 0. The molecule has 0 aliphatic heterocycles. The van der Waals surface area contributed by atoms with Gasteiger partial charge in [0.1, 0.15) is 11.4 Å². The topological polar surface area (TPSA) is 107 Å². The molecular formula is C21H15N5O2. The second-order valence-corrected chi connectivity index (χ2v) is 6.44. The first kappa shape index (κ1) is 16.1. The number of aromatic hydroxyl groups is 1. The molecule has 7 heteroatoms. The van der Waals surface area contributed by atoms with Crippen LogP contribution in [0.2, 0.25) is 0 Å². The first-order valence-electron chi connectivity index (χ1n) is 8.71. The molecule has 0 saturated carbocycles. The molecule has 5 aromatic rings. The summed E-state index contributed by atoms with van der Waals surface area (Å²) in [5.74, 6) is 0.580. The van der Waals surface area contributed by atoms with Gasteiger partial charge in [-0.05, 0) is 54.6 Å². The highest BCUT2D eigenvalue weighted by atomic mass is 16.3. The van der Waals surface area contributed by atoms with Crippen LogP contribution < -0.4 is 5.32 Å². The van der Waals surface area contributed by atoms with Crippen LogP contribution in [0.3, 0.4) is 0 Å². The van der Waals surface area contributed by atoms with Crippen LogP contribution in [0.5, 0.6) is 5.75 Å². The molecule has 0 unspecified atom stereocenters. The van der Waals surface area contributed by atoms with Gasteiger partial charge in [0.25, 0.3) is 5.91 Å². The van der Waals surface area contributed by atoms with E-state index in [2.05, 4.69) is 25.5 Å². The Morgan fingerprint density at radius 3 is 2.61 bits per heavy atom. The summed E-state index contributed by atoms with van der Waals surface area (Å²) in [5.41, 5.74) is 4.37. The maximum absolute atomic E-state index is 12.5. The number of phenols is 1. The Morgan fingerprint density at radius 2 is 1.79 bits per heavy atom. The molecule has 0 spiro atoms. The lowest BCUT2D eigenvalue weighted by molar-refractivity contribution is 0.102. The van der Waals surface area contributed by atoms with Crippen molar-refractivity contribution < 1.29 is 9.90 Å². The van der Waals surface area contributed by atoms with Gasteiger partial charge in [0, 0.05) is 16.6 Å². The predicted molar refractivity (Wildman–Crippen MR) is 107 cm³/mol. The number of carbonyl (C=O) groups is 1. The first-order chi connectivity index (χ1) is 13.7. The highest BCUT2D eigenvalue weighted by molar-refractivity contribution is 6.07. The number of aromatic nitrogens is 4. The van der Waals surface area contributed by atoms with Crippen molar-refractivity contribution in [2.24, 2.45) is 0 Å². The fraction of sp³-hybridized carbons (Fsp3) is 0. The molecule has 0 saturated heterocycles. The number of imidazole rings is 1. The van der Waals surface area contributed by atoms with E-state index < -0.39 is 0 Å². The molecule has 2 heterocycles. The van der Waals surface area contributed by atoms with Crippen LogP contribution in [-0.4, -0.2) is 31.2 Å². The van der Waals surface area contributed by atoms with Crippen LogP contribution in [0.25, 0.3) is 33.5 Å². The lowest BCUT2D eigenvalue weighted by Gasteiger charge is -2.05. The average Bonchev–Trinajstić information content (AvgIpc) is 3.32. The summed E-state index contributed by atoms with van der Waals surface area (Å²) in [7, 11) is 0. The number of fused-ring (bicyclic) bond motifs is 2. The summed E-state index contributed by atoms with van der Waals surface area (Å²) in [6.45, 7) is 0. The van der Waals surface area contributed by atoms with Crippen molar-refractivity contribution in [3.05, 3.63) is 72.3 Å². The molecule has 5 rings (SSSR count). The van der Waals surface area contributed by atoms with Gasteiger partial charge in [0.2, 0.25) is 0 Å². The standard InChI is InChI=1S/C21H15N5O2/c27-14-8-6-13(7-9-14)22-21(28)12-5-10-15-18(11-12)25-26-19(15)20-23-16-3-1-2-4-17(16)24-20/h1-11,27H,(H,22,28)(H,23,24)(H,25,26). The van der Waals surface area contributed by atoms with E-state index in [-0.39, 0.29) is 11.7 Å². The highest BCUT2D eigenvalue weighted by Gasteiger charge is 2.14. The Kier molecular flexibility index (Phi) is 3.58. The third-order valence-electron chi connectivity index (χ3n) is 4.56. The molecule has 0 fully saturated rings. The number of nitrogens with zero attached hydrogens (tertiary/aromatic N) is 2. The van der Waals surface area contributed by atoms with E-state index in [1.165, 1.54) is 12.1 Å². The molecule has 1 amide bonds. The molecule has 0 aliphatic rings. The maximum atomic E-state index is 12.5. The van der Waals surface area contributed by atoms with Crippen LogP contribution in [0.15, 0.2) is 66.7 Å². The summed E-state index contributed by atoms with van der Waals surface area (Å²) in [4.78, 5) is 20.4. The van der Waals surface area contributed by atoms with E-state index in [9.17, 15) is 9.90 Å². The van der Waals surface area contributed by atoms with E-state index in [4.69, 9.17) is 0 Å². The van der Waals surface area contributed by atoms with Gasteiger partial charge in [-0.15, -0.1) is 0 Å². The Labute approximate surface area is 159 Å². The fourth-order valence-corrected chi connectivity index (χ4v) is 3.15. The minimum Gasteiger partial charge on any atom is -0.508 e. The first-order valence-corrected chi connectivity index (χ1v) is 8.71. The van der Waals surface area contributed by atoms with Gasteiger partial charge < -0.3 is 15.4 Å². The van der Waals surface area contributed by atoms with E-state index >= 15 is 0 Å². The number of carbonyl (C=O) groups excluding carboxylic acids is 1. The Hall–Kier alpha value is -4.13. The van der Waals surface area contributed by atoms with Crippen molar-refractivity contribution >= 4 is 33.5 Å². The number of hydrogen-bond acceptors (Lipinski definition) is 4. The third-order valence-corrected chi connectivity index (χ3v) is 4.56. The Balaban J connectivity index is 1.47. The summed E-state index contributed by atoms with van der Waals surface area (Å²) in [6, 6.07) is 19.5. The summed E-state index contributed by atoms with van der Waals surface area (Å²) in [6.07, 6.45) is 0. The number of rotatable bonds is 3. The number of aromatic amines is 2. The van der Waals surface area contributed by atoms with E-state index in [1.807, 2.05) is 30.3 Å². The van der Waals surface area contributed by atoms with Crippen LogP contribution in [0.1, 0.15) is 10.4 Å². The minimum absolute atomic E-state index is 0.148. The van der Waals surface area contributed by atoms with Crippen LogP contribution in [0.4, 0.5) is 5.69 Å². The summed E-state index contributed by atoms with van der Waals surface area (Å²) >= 11 is 0. The fourth-order valence-electron chi connectivity index (χ4n) is 3.15. The molecule has 0 radical (unpaired) electrons. The molecular weight excluding hydrogens is 354 g/mol. The van der Waals surface area contributed by atoms with Gasteiger partial charge in [-0.3, -0.25) is 9.89 Å². The quantitative estimate of drug-likeness (QED) is 0.360. The molecule has 2 aromatic heterocycles. The molecule has 7 nitrogen and oxygen atoms in total. The predicted octanol–water partition coefficient (Wildman–Crippen LogP) is 4.06. The normalized spacial score (nSPS) is 11.1. The number of amides is 1. The smallest absolute Gasteiger partial charge is 0.255 e. The maximum Gasteiger partial charge on any atom is 0.255 e. The number of benzene rings is 3. The molecule has 4 N–H and O–H groups in total. The second kappa shape index (κ2) is 6.24. The van der Waals surface area contributed by atoms with Crippen molar-refractivity contribution in [1.82, 2.24) is 20.2 Å². The molecule has 136 valence electrons. The number of phenolic OH excluding ortho intramolecular Hbond substituents is 1. The van der Waals surface area contributed by atoms with Gasteiger partial charge in [0.05, 0.1) is 16.6 Å². The van der Waals surface area contributed by atoms with Gasteiger partial charge in [-0.2, -0.15) is 5.10 Å². The second-order valence-electron chi connectivity index (χ2n) is 6.44. The zero-order valence-corrected chi connectivity index (χ0v) is 14.6. The molecule has 28 heavy (non-hydrogen) atoms. The third kappa shape index (κ3) is 2.75. The van der Waals surface area contributed by atoms with Gasteiger partial charge >= 0.3 is 0 Å². The van der Waals surface area contributed by atoms with Crippen LogP contribution in [0, 0.1) is 0 Å². The average molecular weight is 369 g/mol. The molecule has 0 bridgehead atoms. The number of H-pyrrole nitrogens is 2. The van der Waals surface area contributed by atoms with Crippen molar-refractivity contribution in [2.75, 3.05) is 5.32 Å². The van der Waals surface area contributed by atoms with Gasteiger partial charge in [-0.25, -0.2) is 4.98 Å². The largest absolute Gasteiger partial charge is 0.508 e. The van der Waals surface area contributed by atoms with Crippen molar-refractivity contribution in [3.8, 4) is 17.3 Å². The van der Waals surface area contributed by atoms with E-state index in [1.54, 1.807) is 24.3 Å². The number of anilines is 1. The zero-order chi connectivity index (χ0) is 19.1. The lowest BCUT2D eigenvalue weighted by Crippen LogP contribution is -2.11. The molecule has 0 atom stereocenters. The monoisotopic (exact) mass is 369 g/mol. The zero-order valence-electron chi connectivity index (χ0n) is 14.6. The Bertz CT molecular complexity index is 1280. The lowest BCUT2D eigenvalue weighted by atomic mass is 10.1. The number of hydrogen-bond donors (Lipinski definition) is 4. The van der Waals surface area contributed by atoms with Gasteiger partial charge in [-0.1, -0.05) is 12.1 Å². The Morgan fingerprint density at radius 1 is 0.964 bits per heavy atom. The SMILES string of the molecule is O=C(Nc1ccc(O)cc1)c1ccc2c(-c3nc4ccccc4[nH]3)n[nH]c2c1. The number of nitrogens with one attached hydrogen (secondary N) is 3. The highest BCUT2D eigenvalue weighted by Crippen LogP contribution is 2.27. The van der Waals surface area contributed by atoms with Crippen molar-refractivity contribution in [3.63, 3.8) is 0 Å². The van der Waals surface area contributed by atoms with Crippen molar-refractivity contribution in [1.29, 1.82) is 0 Å². The van der Waals surface area contributed by atoms with Gasteiger partial charge in [0.15, 0.2) is 5.82 Å². The van der Waals surface area contributed by atoms with Crippen LogP contribution in [-0.2, 0) is 0 Å². The summed E-state index contributed by atoms with van der Waals surface area (Å²) in [5, 5.41) is 20.4. The minimum atomic E-state index is -0.243. The van der Waals surface area contributed by atoms with E-state index in [0.717, 1.165) is 21.9 Å². The van der Waals surface area contributed by atoms with E-state index in [0.29, 0.717) is 22.8 Å². The number of para-hydroxylation sites is 2. The molecule has 0 aliphatic carbocycles.